The van der Waals surface area contributed by atoms with Crippen molar-refractivity contribution in [2.24, 2.45) is 11.8 Å². The number of carbonyl (C=O) groups excluding carboxylic acids is 1. The lowest BCUT2D eigenvalue weighted by atomic mass is 9.93. The van der Waals surface area contributed by atoms with E-state index < -0.39 is 30.1 Å². The summed E-state index contributed by atoms with van der Waals surface area (Å²) in [4.78, 5) is 32.6. The fourth-order valence-corrected chi connectivity index (χ4v) is 4.44. The third-order valence-corrected chi connectivity index (χ3v) is 6.13. The molecule has 5 atom stereocenters. The molecule has 5 N–H and O–H groups in total. The molecule has 10 nitrogen and oxygen atoms in total. The summed E-state index contributed by atoms with van der Waals surface area (Å²) in [6.07, 6.45) is -4.00. The number of hydrogen-bond acceptors (Lipinski definition) is 10. The number of ether oxygens (including phenoxy) is 2. The van der Waals surface area contributed by atoms with Crippen LogP contribution in [0.5, 0.6) is 0 Å². The number of aromatic amines is 1. The molecule has 3 heterocycles. The number of aliphatic hydroxyl groups excluding tert-OH is 2. The maximum Gasteiger partial charge on any atom is 0.309 e. The van der Waals surface area contributed by atoms with Gasteiger partial charge in [-0.05, 0) is 12.3 Å². The van der Waals surface area contributed by atoms with Crippen LogP contribution >= 0.6 is 11.8 Å². The smallest absolute Gasteiger partial charge is 0.309 e. The number of nitrogen functional groups attached to an aromatic ring is 1. The number of aliphatic hydroxyl groups is 2. The molecule has 1 fully saturated rings. The monoisotopic (exact) mass is 426 g/mol. The van der Waals surface area contributed by atoms with Crippen LogP contribution in [0.3, 0.4) is 0 Å². The highest BCUT2D eigenvalue weighted by Gasteiger charge is 2.49. The fourth-order valence-electron chi connectivity index (χ4n) is 3.53. The van der Waals surface area contributed by atoms with Crippen molar-refractivity contribution in [2.45, 2.75) is 56.6 Å². The zero-order valence-corrected chi connectivity index (χ0v) is 17.3. The van der Waals surface area contributed by atoms with E-state index in [4.69, 9.17) is 15.2 Å². The molecule has 1 saturated heterocycles. The van der Waals surface area contributed by atoms with Crippen LogP contribution in [-0.4, -0.2) is 57.3 Å². The van der Waals surface area contributed by atoms with Crippen molar-refractivity contribution in [3.8, 4) is 0 Å². The molecule has 0 radical (unpaired) electrons. The van der Waals surface area contributed by atoms with Crippen molar-refractivity contribution in [3.63, 3.8) is 0 Å². The van der Waals surface area contributed by atoms with E-state index in [9.17, 15) is 19.8 Å². The summed E-state index contributed by atoms with van der Waals surface area (Å²) >= 11 is 1.07. The molecule has 0 aliphatic carbocycles. The number of nitrogens with zero attached hydrogens (tertiary/aromatic N) is 2. The third-order valence-electron chi connectivity index (χ3n) is 5.12. The number of aromatic nitrogens is 2. The van der Waals surface area contributed by atoms with Crippen molar-refractivity contribution in [3.05, 3.63) is 22.0 Å². The van der Waals surface area contributed by atoms with Gasteiger partial charge >= 0.3 is 5.97 Å². The zero-order valence-electron chi connectivity index (χ0n) is 16.5. The lowest BCUT2D eigenvalue weighted by Crippen LogP contribution is -2.42. The van der Waals surface area contributed by atoms with E-state index in [2.05, 4.69) is 16.5 Å². The highest BCUT2D eigenvalue weighted by molar-refractivity contribution is 8.03. The summed E-state index contributed by atoms with van der Waals surface area (Å²) in [5.74, 6) is -0.400. The van der Waals surface area contributed by atoms with Gasteiger partial charge in [0.2, 0.25) is 5.95 Å². The van der Waals surface area contributed by atoms with Crippen LogP contribution in [0, 0.1) is 11.8 Å². The van der Waals surface area contributed by atoms with E-state index in [1.54, 1.807) is 0 Å². The first-order valence-corrected chi connectivity index (χ1v) is 10.2. The summed E-state index contributed by atoms with van der Waals surface area (Å²) in [7, 11) is 0. The molecule has 2 aliphatic rings. The van der Waals surface area contributed by atoms with Gasteiger partial charge in [-0.25, -0.2) is 0 Å². The largest absolute Gasteiger partial charge is 0.463 e. The number of fused-ring (bicyclic) bond motifs is 1. The molecular weight excluding hydrogens is 400 g/mol. The predicted octanol–water partition coefficient (Wildman–Crippen LogP) is 0.407. The molecule has 0 bridgehead atoms. The van der Waals surface area contributed by atoms with Crippen LogP contribution in [0.1, 0.15) is 27.2 Å². The minimum absolute atomic E-state index is 0.0909. The Labute approximate surface area is 172 Å². The average molecular weight is 426 g/mol. The molecule has 3 rings (SSSR count). The number of nitrogens with one attached hydrogen (secondary N) is 1. The first-order valence-electron chi connectivity index (χ1n) is 9.39. The van der Waals surface area contributed by atoms with Gasteiger partial charge in [0.25, 0.3) is 5.56 Å². The molecule has 11 heteroatoms. The molecule has 0 unspecified atom stereocenters. The Kier molecular flexibility index (Phi) is 6.22. The maximum atomic E-state index is 12.3. The lowest BCUT2D eigenvalue weighted by molar-refractivity contribution is -0.155. The second-order valence-electron chi connectivity index (χ2n) is 7.40. The fraction of sp³-hybridized carbons (Fsp3) is 0.611. The van der Waals surface area contributed by atoms with Gasteiger partial charge in [-0.15, -0.1) is 0 Å². The van der Waals surface area contributed by atoms with E-state index in [1.807, 2.05) is 20.8 Å². The molecule has 1 aromatic heterocycles. The highest BCUT2D eigenvalue weighted by Crippen LogP contribution is 2.45. The van der Waals surface area contributed by atoms with E-state index in [1.165, 1.54) is 4.90 Å². The summed E-state index contributed by atoms with van der Waals surface area (Å²) < 4.78 is 11.1. The quantitative estimate of drug-likeness (QED) is 0.471. The Morgan fingerprint density at radius 2 is 2.14 bits per heavy atom. The normalized spacial score (nSPS) is 27.4. The molecule has 0 amide bonds. The second-order valence-corrected chi connectivity index (χ2v) is 8.49. The van der Waals surface area contributed by atoms with Gasteiger partial charge in [-0.2, -0.15) is 4.98 Å². The van der Waals surface area contributed by atoms with Gasteiger partial charge in [0, 0.05) is 0 Å². The second kappa shape index (κ2) is 8.34. The first kappa shape index (κ1) is 21.6. The van der Waals surface area contributed by atoms with Gasteiger partial charge in [0.1, 0.15) is 29.8 Å². The Morgan fingerprint density at radius 1 is 1.45 bits per heavy atom. The Morgan fingerprint density at radius 3 is 2.76 bits per heavy atom. The number of anilines is 2. The van der Waals surface area contributed by atoms with Gasteiger partial charge in [0.15, 0.2) is 12.0 Å². The molecule has 29 heavy (non-hydrogen) atoms. The number of thioether (sulfide) groups is 1. The third kappa shape index (κ3) is 4.00. The standard InChI is InChI=1S/C18H26N4O6S/c1-5-9(7(2)3)17(26)27-6-10-11(23)12(24)16(28-10)22-8(4)29-13-14(22)20-18(19)21-15(13)25/h7,9-12,16,23-24H,4-6H2,1-3H3,(H3,19,20,21,25)/t9-,10+,11+,12+,16+/m0/s1. The SMILES string of the molecule is C=C1Sc2c(nc(N)[nH]c2=O)N1[C@@H]1O[C@H](COC(=O)[C@@H](CC)C(C)C)[C@@H](O)[C@H]1O. The van der Waals surface area contributed by atoms with Crippen LogP contribution in [0.4, 0.5) is 11.8 Å². The van der Waals surface area contributed by atoms with Crippen LogP contribution in [0.15, 0.2) is 21.3 Å². The molecule has 0 saturated carbocycles. The minimum Gasteiger partial charge on any atom is -0.463 e. The van der Waals surface area contributed by atoms with Crippen molar-refractivity contribution < 1.29 is 24.5 Å². The Balaban J connectivity index is 1.75. The zero-order chi connectivity index (χ0) is 21.5. The van der Waals surface area contributed by atoms with Crippen molar-refractivity contribution in [1.29, 1.82) is 0 Å². The topological polar surface area (TPSA) is 151 Å². The number of rotatable bonds is 6. The summed E-state index contributed by atoms with van der Waals surface area (Å²) in [5.41, 5.74) is 5.20. The molecule has 0 spiro atoms. The number of nitrogens with two attached hydrogens (primary N) is 1. The van der Waals surface area contributed by atoms with Gasteiger partial charge in [0.05, 0.1) is 10.9 Å². The van der Waals surface area contributed by atoms with Gasteiger partial charge in [-0.3, -0.25) is 19.5 Å². The Hall–Kier alpha value is -2.08. The Bertz CT molecular complexity index is 859. The average Bonchev–Trinajstić information content (AvgIpc) is 3.10. The van der Waals surface area contributed by atoms with Crippen molar-refractivity contribution in [2.75, 3.05) is 17.2 Å². The number of H-pyrrole nitrogens is 1. The summed E-state index contributed by atoms with van der Waals surface area (Å²) in [6, 6.07) is 0. The molecule has 1 aromatic rings. The molecule has 160 valence electrons. The lowest BCUT2D eigenvalue weighted by Gasteiger charge is -2.27. The maximum absolute atomic E-state index is 12.3. The summed E-state index contributed by atoms with van der Waals surface area (Å²) in [5, 5.41) is 21.3. The molecule has 2 aliphatic heterocycles. The van der Waals surface area contributed by atoms with Gasteiger partial charge in [-0.1, -0.05) is 39.1 Å². The molecule has 0 aromatic carbocycles. The van der Waals surface area contributed by atoms with Crippen molar-refractivity contribution >= 4 is 29.5 Å². The predicted molar refractivity (Wildman–Crippen MR) is 107 cm³/mol. The number of carbonyl (C=O) groups is 1. The number of esters is 1. The van der Waals surface area contributed by atoms with E-state index >= 15 is 0 Å². The summed E-state index contributed by atoms with van der Waals surface area (Å²) in [6.45, 7) is 9.44. The van der Waals surface area contributed by atoms with E-state index in [0.717, 1.165) is 11.8 Å². The van der Waals surface area contributed by atoms with Crippen molar-refractivity contribution in [1.82, 2.24) is 9.97 Å². The van der Waals surface area contributed by atoms with Crippen LogP contribution in [0.25, 0.3) is 0 Å². The first-order chi connectivity index (χ1) is 13.6. The van der Waals surface area contributed by atoms with E-state index in [0.29, 0.717) is 11.4 Å². The van der Waals surface area contributed by atoms with Crippen LogP contribution in [0.2, 0.25) is 0 Å². The van der Waals surface area contributed by atoms with E-state index in [-0.39, 0.29) is 41.1 Å². The van der Waals surface area contributed by atoms with Crippen LogP contribution < -0.4 is 16.2 Å². The minimum atomic E-state index is -1.34. The van der Waals surface area contributed by atoms with Gasteiger partial charge < -0.3 is 25.4 Å². The highest BCUT2D eigenvalue weighted by atomic mass is 32.2. The molecular formula is C18H26N4O6S. The van der Waals surface area contributed by atoms with Crippen LogP contribution in [-0.2, 0) is 14.3 Å². The number of hydrogen-bond donors (Lipinski definition) is 4.